The minimum absolute atomic E-state index is 0.556. The Labute approximate surface area is 111 Å². The van der Waals surface area contributed by atoms with Crippen molar-refractivity contribution in [1.82, 2.24) is 9.78 Å². The maximum Gasteiger partial charge on any atom is 0.0847 e. The molecule has 4 heteroatoms. The van der Waals surface area contributed by atoms with Crippen molar-refractivity contribution in [3.05, 3.63) is 16.4 Å². The highest BCUT2D eigenvalue weighted by Crippen LogP contribution is 2.25. The molecule has 0 aliphatic carbocycles. The van der Waals surface area contributed by atoms with E-state index in [0.29, 0.717) is 10.7 Å². The molecule has 0 aromatic carbocycles. The van der Waals surface area contributed by atoms with Crippen molar-refractivity contribution in [3.63, 3.8) is 0 Å². The molecule has 0 saturated carbocycles. The molecule has 1 heterocycles. The summed E-state index contributed by atoms with van der Waals surface area (Å²) in [5, 5.41) is 5.28. The fraction of sp³-hybridized carbons (Fsp3) is 0.750. The van der Waals surface area contributed by atoms with Crippen LogP contribution in [0.3, 0.4) is 0 Å². The van der Waals surface area contributed by atoms with Crippen LogP contribution in [-0.2, 0) is 13.0 Å². The second-order valence-corrected chi connectivity index (χ2v) is 6.43. The zero-order chi connectivity index (χ0) is 12.3. The minimum atomic E-state index is 0.556. The highest BCUT2D eigenvalue weighted by molar-refractivity contribution is 9.09. The monoisotopic (exact) mass is 306 g/mol. The van der Waals surface area contributed by atoms with Crippen molar-refractivity contribution in [2.24, 2.45) is 5.92 Å². The van der Waals surface area contributed by atoms with E-state index in [1.807, 2.05) is 11.6 Å². The third kappa shape index (κ3) is 3.49. The Balaban J connectivity index is 2.79. The fourth-order valence-corrected chi connectivity index (χ4v) is 2.88. The van der Waals surface area contributed by atoms with Crippen LogP contribution >= 0.6 is 27.5 Å². The van der Waals surface area contributed by atoms with Crippen LogP contribution in [-0.4, -0.2) is 14.6 Å². The normalized spacial score (nSPS) is 15.1. The van der Waals surface area contributed by atoms with Gasteiger partial charge in [-0.15, -0.1) is 0 Å². The van der Waals surface area contributed by atoms with Crippen LogP contribution < -0.4 is 0 Å². The number of rotatable bonds is 5. The lowest BCUT2D eigenvalue weighted by Gasteiger charge is -2.14. The van der Waals surface area contributed by atoms with Crippen LogP contribution in [0.2, 0.25) is 5.02 Å². The van der Waals surface area contributed by atoms with Gasteiger partial charge in [0.15, 0.2) is 0 Å². The summed E-state index contributed by atoms with van der Waals surface area (Å²) in [6.45, 7) is 9.40. The molecule has 1 aromatic rings. The number of halogens is 2. The maximum absolute atomic E-state index is 6.28. The molecule has 0 saturated heterocycles. The fourth-order valence-electron chi connectivity index (χ4n) is 2.03. The van der Waals surface area contributed by atoms with Gasteiger partial charge in [-0.3, -0.25) is 4.68 Å². The molecular weight excluding hydrogens is 288 g/mol. The molecular formula is C12H20BrClN2. The second kappa shape index (κ2) is 6.06. The number of aryl methyl sites for hydroxylation is 2. The van der Waals surface area contributed by atoms with E-state index >= 15 is 0 Å². The SMILES string of the molecule is CCn1nc(C)c(Cl)c1CC(C)CC(C)Br. The number of hydrogen-bond donors (Lipinski definition) is 0. The van der Waals surface area contributed by atoms with Crippen LogP contribution in [0.15, 0.2) is 0 Å². The smallest absolute Gasteiger partial charge is 0.0847 e. The highest BCUT2D eigenvalue weighted by Gasteiger charge is 2.16. The van der Waals surface area contributed by atoms with E-state index < -0.39 is 0 Å². The first-order valence-electron chi connectivity index (χ1n) is 5.81. The van der Waals surface area contributed by atoms with Crippen molar-refractivity contribution in [2.45, 2.75) is 51.9 Å². The van der Waals surface area contributed by atoms with Gasteiger partial charge < -0.3 is 0 Å². The summed E-state index contributed by atoms with van der Waals surface area (Å²) >= 11 is 9.87. The van der Waals surface area contributed by atoms with E-state index in [1.165, 1.54) is 5.69 Å². The van der Waals surface area contributed by atoms with Crippen LogP contribution in [0.1, 0.15) is 38.6 Å². The third-order valence-electron chi connectivity index (χ3n) is 2.72. The Bertz CT molecular complexity index is 347. The Kier molecular flexibility index (Phi) is 5.32. The van der Waals surface area contributed by atoms with E-state index in [0.717, 1.165) is 30.1 Å². The van der Waals surface area contributed by atoms with Gasteiger partial charge in [-0.05, 0) is 32.6 Å². The van der Waals surface area contributed by atoms with Gasteiger partial charge in [0.2, 0.25) is 0 Å². The highest BCUT2D eigenvalue weighted by atomic mass is 79.9. The van der Waals surface area contributed by atoms with Gasteiger partial charge in [0.1, 0.15) is 0 Å². The third-order valence-corrected chi connectivity index (χ3v) is 3.59. The molecule has 2 nitrogen and oxygen atoms in total. The molecule has 2 atom stereocenters. The molecule has 0 N–H and O–H groups in total. The van der Waals surface area contributed by atoms with Gasteiger partial charge in [0.25, 0.3) is 0 Å². The largest absolute Gasteiger partial charge is 0.268 e. The first-order valence-corrected chi connectivity index (χ1v) is 7.10. The lowest BCUT2D eigenvalue weighted by molar-refractivity contribution is 0.499. The lowest BCUT2D eigenvalue weighted by atomic mass is 10.00. The first-order chi connectivity index (χ1) is 7.45. The molecule has 16 heavy (non-hydrogen) atoms. The molecule has 0 aliphatic rings. The Morgan fingerprint density at radius 3 is 2.56 bits per heavy atom. The van der Waals surface area contributed by atoms with Gasteiger partial charge in [0.05, 0.1) is 16.4 Å². The van der Waals surface area contributed by atoms with Crippen molar-refractivity contribution in [1.29, 1.82) is 0 Å². The Morgan fingerprint density at radius 2 is 2.06 bits per heavy atom. The molecule has 92 valence electrons. The summed E-state index contributed by atoms with van der Waals surface area (Å²) in [5.74, 6) is 0.619. The molecule has 1 rings (SSSR count). The number of hydrogen-bond acceptors (Lipinski definition) is 1. The zero-order valence-electron chi connectivity index (χ0n) is 10.4. The standard InChI is InChI=1S/C12H20BrClN2/c1-5-16-11(12(14)10(4)15-16)7-8(2)6-9(3)13/h8-9H,5-7H2,1-4H3. The van der Waals surface area contributed by atoms with E-state index in [-0.39, 0.29) is 0 Å². The lowest BCUT2D eigenvalue weighted by Crippen LogP contribution is -2.10. The maximum atomic E-state index is 6.28. The van der Waals surface area contributed by atoms with Gasteiger partial charge in [-0.25, -0.2) is 0 Å². The predicted octanol–water partition coefficient (Wildman–Crippen LogP) is 4.22. The Hall–Kier alpha value is -0.0200. The van der Waals surface area contributed by atoms with Gasteiger partial charge in [0, 0.05) is 11.4 Å². The van der Waals surface area contributed by atoms with Crippen molar-refractivity contribution < 1.29 is 0 Å². The molecule has 0 radical (unpaired) electrons. The average molecular weight is 308 g/mol. The number of aromatic nitrogens is 2. The van der Waals surface area contributed by atoms with E-state index in [1.54, 1.807) is 0 Å². The summed E-state index contributed by atoms with van der Waals surface area (Å²) < 4.78 is 2.02. The van der Waals surface area contributed by atoms with E-state index in [2.05, 4.69) is 41.8 Å². The van der Waals surface area contributed by atoms with E-state index in [4.69, 9.17) is 11.6 Å². The molecule has 0 amide bonds. The molecule has 0 aliphatic heterocycles. The molecule has 0 spiro atoms. The van der Waals surface area contributed by atoms with Crippen molar-refractivity contribution in [2.75, 3.05) is 0 Å². The second-order valence-electron chi connectivity index (χ2n) is 4.49. The quantitative estimate of drug-likeness (QED) is 0.745. The average Bonchev–Trinajstić information content (AvgIpc) is 2.44. The molecule has 0 fully saturated rings. The van der Waals surface area contributed by atoms with Gasteiger partial charge in [-0.1, -0.05) is 41.4 Å². The van der Waals surface area contributed by atoms with Crippen molar-refractivity contribution >= 4 is 27.5 Å². The summed E-state index contributed by atoms with van der Waals surface area (Å²) in [4.78, 5) is 0.556. The summed E-state index contributed by atoms with van der Waals surface area (Å²) in [6, 6.07) is 0. The topological polar surface area (TPSA) is 17.8 Å². The Morgan fingerprint density at radius 1 is 1.44 bits per heavy atom. The summed E-state index contributed by atoms with van der Waals surface area (Å²) in [7, 11) is 0. The first kappa shape index (κ1) is 14.0. The van der Waals surface area contributed by atoms with Crippen molar-refractivity contribution in [3.8, 4) is 0 Å². The van der Waals surface area contributed by atoms with Crippen LogP contribution in [0.25, 0.3) is 0 Å². The molecule has 2 unspecified atom stereocenters. The summed E-state index contributed by atoms with van der Waals surface area (Å²) in [6.07, 6.45) is 2.16. The van der Waals surface area contributed by atoms with Gasteiger partial charge >= 0.3 is 0 Å². The number of alkyl halides is 1. The molecule has 1 aromatic heterocycles. The van der Waals surface area contributed by atoms with Crippen LogP contribution in [0, 0.1) is 12.8 Å². The number of nitrogens with zero attached hydrogens (tertiary/aromatic N) is 2. The van der Waals surface area contributed by atoms with Crippen LogP contribution in [0.5, 0.6) is 0 Å². The minimum Gasteiger partial charge on any atom is -0.268 e. The predicted molar refractivity (Wildman–Crippen MR) is 73.5 cm³/mol. The van der Waals surface area contributed by atoms with E-state index in [9.17, 15) is 0 Å². The zero-order valence-corrected chi connectivity index (χ0v) is 12.8. The van der Waals surface area contributed by atoms with Crippen LogP contribution in [0.4, 0.5) is 0 Å². The molecule has 0 bridgehead atoms. The van der Waals surface area contributed by atoms with Gasteiger partial charge in [-0.2, -0.15) is 5.10 Å². The summed E-state index contributed by atoms with van der Waals surface area (Å²) in [5.41, 5.74) is 2.12.